The summed E-state index contributed by atoms with van der Waals surface area (Å²) < 4.78 is 11.7. The van der Waals surface area contributed by atoms with Gasteiger partial charge in [0.15, 0.2) is 6.73 Å². The van der Waals surface area contributed by atoms with Gasteiger partial charge in [-0.15, -0.1) is 5.10 Å². The first-order chi connectivity index (χ1) is 11.1. The molecule has 0 fully saturated rings. The van der Waals surface area contributed by atoms with Gasteiger partial charge in [-0.25, -0.2) is 4.79 Å². The van der Waals surface area contributed by atoms with E-state index in [0.717, 1.165) is 9.15 Å². The zero-order valence-electron chi connectivity index (χ0n) is 11.7. The largest absolute Gasteiger partial charge is 0.465 e. The maximum atomic E-state index is 12.3. The van der Waals surface area contributed by atoms with Crippen LogP contribution in [0.25, 0.3) is 17.0 Å². The third-order valence-corrected chi connectivity index (χ3v) is 3.43. The second kappa shape index (κ2) is 6.57. The van der Waals surface area contributed by atoms with Crippen LogP contribution in [0, 0.1) is 0 Å². The average molecular weight is 376 g/mol. The number of nitrogens with zero attached hydrogens (tertiary/aromatic N) is 3. The molecule has 0 aliphatic heterocycles. The fraction of sp³-hybridized carbons (Fsp3) is 0.0667. The minimum absolute atomic E-state index is 0.324. The fourth-order valence-corrected chi connectivity index (χ4v) is 2.20. The number of hydrogen-bond acceptors (Lipinski definition) is 6. The summed E-state index contributed by atoms with van der Waals surface area (Å²) in [5.74, 6) is -0.0982. The normalized spacial score (nSPS) is 11.2. The van der Waals surface area contributed by atoms with Crippen molar-refractivity contribution >= 4 is 38.9 Å². The molecular weight excluding hydrogens is 366 g/mol. The van der Waals surface area contributed by atoms with E-state index in [1.165, 1.54) is 18.4 Å². The Morgan fingerprint density at radius 1 is 1.39 bits per heavy atom. The molecule has 8 heteroatoms. The highest BCUT2D eigenvalue weighted by Crippen LogP contribution is 2.14. The summed E-state index contributed by atoms with van der Waals surface area (Å²) in [5, 5.41) is 8.04. The zero-order chi connectivity index (χ0) is 16.2. The van der Waals surface area contributed by atoms with Crippen LogP contribution < -0.4 is 5.56 Å². The standard InChI is InChI=1S/C15H10BrN3O4/c16-10-3-5-13-12(8-10)15(21)19(18-17-13)9-23-14(20)6-4-11-2-1-7-22-11/h1-8H,9H2/b6-4+. The number of halogens is 1. The third-order valence-electron chi connectivity index (χ3n) is 2.94. The Kier molecular flexibility index (Phi) is 4.33. The smallest absolute Gasteiger partial charge is 0.332 e. The van der Waals surface area contributed by atoms with Crippen molar-refractivity contribution in [2.24, 2.45) is 0 Å². The molecule has 0 bridgehead atoms. The summed E-state index contributed by atoms with van der Waals surface area (Å²) >= 11 is 3.29. The molecule has 0 atom stereocenters. The molecule has 0 amide bonds. The lowest BCUT2D eigenvalue weighted by Gasteiger charge is -2.05. The summed E-state index contributed by atoms with van der Waals surface area (Å²) in [6, 6.07) is 8.48. The first-order valence-corrected chi connectivity index (χ1v) is 7.34. The van der Waals surface area contributed by atoms with Crippen molar-refractivity contribution in [3.05, 3.63) is 63.3 Å². The van der Waals surface area contributed by atoms with E-state index in [9.17, 15) is 9.59 Å². The molecule has 0 saturated carbocycles. The molecule has 2 aromatic heterocycles. The Morgan fingerprint density at radius 3 is 3.04 bits per heavy atom. The van der Waals surface area contributed by atoms with Crippen LogP contribution in [0.15, 0.2) is 56.4 Å². The quantitative estimate of drug-likeness (QED) is 0.513. The van der Waals surface area contributed by atoms with Gasteiger partial charge in [0.1, 0.15) is 11.3 Å². The molecular formula is C15H10BrN3O4. The first-order valence-electron chi connectivity index (χ1n) is 6.55. The van der Waals surface area contributed by atoms with Crippen molar-refractivity contribution in [2.45, 2.75) is 6.73 Å². The molecule has 23 heavy (non-hydrogen) atoms. The Bertz CT molecular complexity index is 932. The third kappa shape index (κ3) is 3.54. The van der Waals surface area contributed by atoms with E-state index in [2.05, 4.69) is 26.2 Å². The van der Waals surface area contributed by atoms with Gasteiger partial charge in [0, 0.05) is 10.5 Å². The number of aromatic nitrogens is 3. The van der Waals surface area contributed by atoms with E-state index in [4.69, 9.17) is 9.15 Å². The van der Waals surface area contributed by atoms with E-state index < -0.39 is 5.97 Å². The van der Waals surface area contributed by atoms with E-state index >= 15 is 0 Å². The van der Waals surface area contributed by atoms with Crippen molar-refractivity contribution in [3.8, 4) is 0 Å². The van der Waals surface area contributed by atoms with Crippen molar-refractivity contribution in [3.63, 3.8) is 0 Å². The minimum atomic E-state index is -0.621. The molecule has 0 unspecified atom stereocenters. The summed E-state index contributed by atoms with van der Waals surface area (Å²) in [6.07, 6.45) is 4.16. The number of ether oxygens (including phenoxy) is 1. The van der Waals surface area contributed by atoms with Gasteiger partial charge in [-0.3, -0.25) is 4.79 Å². The highest BCUT2D eigenvalue weighted by molar-refractivity contribution is 9.10. The van der Waals surface area contributed by atoms with Crippen molar-refractivity contribution < 1.29 is 13.9 Å². The summed E-state index contributed by atoms with van der Waals surface area (Å²) in [7, 11) is 0. The van der Waals surface area contributed by atoms with Crippen LogP contribution in [0.4, 0.5) is 0 Å². The maximum absolute atomic E-state index is 12.3. The van der Waals surface area contributed by atoms with Crippen LogP contribution in [-0.2, 0) is 16.3 Å². The lowest BCUT2D eigenvalue weighted by Crippen LogP contribution is -2.26. The van der Waals surface area contributed by atoms with Crippen molar-refractivity contribution in [2.75, 3.05) is 0 Å². The van der Waals surface area contributed by atoms with Crippen LogP contribution in [0.2, 0.25) is 0 Å². The Labute approximate surface area is 138 Å². The summed E-state index contributed by atoms with van der Waals surface area (Å²) in [5.41, 5.74) is 0.0811. The number of rotatable bonds is 4. The maximum Gasteiger partial charge on any atom is 0.332 e. The van der Waals surface area contributed by atoms with Gasteiger partial charge in [-0.2, -0.15) is 4.68 Å². The SMILES string of the molecule is O=C(/C=C/c1ccco1)OCn1nnc2ccc(Br)cc2c1=O. The van der Waals surface area contributed by atoms with Gasteiger partial charge >= 0.3 is 5.97 Å². The Morgan fingerprint density at radius 2 is 2.26 bits per heavy atom. The van der Waals surface area contributed by atoms with Crippen LogP contribution in [0.5, 0.6) is 0 Å². The van der Waals surface area contributed by atoms with Crippen molar-refractivity contribution in [1.29, 1.82) is 0 Å². The fourth-order valence-electron chi connectivity index (χ4n) is 1.84. The minimum Gasteiger partial charge on any atom is -0.465 e. The number of benzene rings is 1. The number of carbonyl (C=O) groups excluding carboxylic acids is 1. The van der Waals surface area contributed by atoms with Gasteiger partial charge < -0.3 is 9.15 Å². The zero-order valence-corrected chi connectivity index (χ0v) is 13.3. The average Bonchev–Trinajstić information content (AvgIpc) is 3.06. The molecule has 1 aromatic carbocycles. The van der Waals surface area contributed by atoms with Crippen LogP contribution in [0.1, 0.15) is 5.76 Å². The lowest BCUT2D eigenvalue weighted by atomic mass is 10.2. The van der Waals surface area contributed by atoms with E-state index in [1.807, 2.05) is 0 Å². The van der Waals surface area contributed by atoms with Gasteiger partial charge in [0.2, 0.25) is 0 Å². The van der Waals surface area contributed by atoms with Gasteiger partial charge in [-0.05, 0) is 36.4 Å². The number of esters is 1. The van der Waals surface area contributed by atoms with Gasteiger partial charge in [-0.1, -0.05) is 21.1 Å². The van der Waals surface area contributed by atoms with Crippen LogP contribution in [0.3, 0.4) is 0 Å². The molecule has 0 radical (unpaired) electrons. The van der Waals surface area contributed by atoms with Crippen LogP contribution in [-0.4, -0.2) is 21.0 Å². The lowest BCUT2D eigenvalue weighted by molar-refractivity contribution is -0.141. The predicted molar refractivity (Wildman–Crippen MR) is 85.3 cm³/mol. The van der Waals surface area contributed by atoms with Gasteiger partial charge in [0.25, 0.3) is 5.56 Å². The van der Waals surface area contributed by atoms with E-state index in [-0.39, 0.29) is 12.3 Å². The Balaban J connectivity index is 1.73. The predicted octanol–water partition coefficient (Wildman–Crippen LogP) is 2.36. The molecule has 0 saturated heterocycles. The van der Waals surface area contributed by atoms with E-state index in [0.29, 0.717) is 16.7 Å². The molecule has 0 aliphatic carbocycles. The van der Waals surface area contributed by atoms with E-state index in [1.54, 1.807) is 30.3 Å². The highest BCUT2D eigenvalue weighted by atomic mass is 79.9. The number of furan rings is 1. The molecule has 7 nitrogen and oxygen atoms in total. The van der Waals surface area contributed by atoms with Crippen LogP contribution >= 0.6 is 15.9 Å². The summed E-state index contributed by atoms with van der Waals surface area (Å²) in [6.45, 7) is -0.324. The molecule has 116 valence electrons. The topological polar surface area (TPSA) is 87.2 Å². The molecule has 0 spiro atoms. The number of carbonyl (C=O) groups is 1. The number of fused-ring (bicyclic) bond motifs is 1. The number of hydrogen-bond donors (Lipinski definition) is 0. The second-order valence-electron chi connectivity index (χ2n) is 4.50. The monoisotopic (exact) mass is 375 g/mol. The molecule has 3 aromatic rings. The first kappa shape index (κ1) is 15.2. The molecule has 0 N–H and O–H groups in total. The van der Waals surface area contributed by atoms with Crippen molar-refractivity contribution in [1.82, 2.24) is 15.0 Å². The Hall–Kier alpha value is -2.74. The highest BCUT2D eigenvalue weighted by Gasteiger charge is 2.07. The summed E-state index contributed by atoms with van der Waals surface area (Å²) in [4.78, 5) is 23.9. The molecule has 2 heterocycles. The second-order valence-corrected chi connectivity index (χ2v) is 5.41. The van der Waals surface area contributed by atoms with Gasteiger partial charge in [0.05, 0.1) is 11.6 Å². The molecule has 0 aliphatic rings. The molecule has 3 rings (SSSR count).